The van der Waals surface area contributed by atoms with Crippen LogP contribution in [0.2, 0.25) is 5.02 Å². The van der Waals surface area contributed by atoms with Crippen molar-refractivity contribution >= 4 is 41.7 Å². The summed E-state index contributed by atoms with van der Waals surface area (Å²) in [5.41, 5.74) is 0. The summed E-state index contributed by atoms with van der Waals surface area (Å²) in [6, 6.07) is 8.95. The van der Waals surface area contributed by atoms with Gasteiger partial charge in [0, 0.05) is 42.2 Å². The zero-order chi connectivity index (χ0) is 14.7. The van der Waals surface area contributed by atoms with Gasteiger partial charge in [-0.3, -0.25) is 4.79 Å². The van der Waals surface area contributed by atoms with E-state index in [0.717, 1.165) is 35.2 Å². The Morgan fingerprint density at radius 3 is 2.86 bits per heavy atom. The van der Waals surface area contributed by atoms with Crippen molar-refractivity contribution in [2.24, 2.45) is 0 Å². The average molecular weight is 361 g/mol. The van der Waals surface area contributed by atoms with Crippen molar-refractivity contribution < 1.29 is 4.79 Å². The number of benzene rings is 1. The topological polar surface area (TPSA) is 32.3 Å². The van der Waals surface area contributed by atoms with Gasteiger partial charge in [-0.15, -0.1) is 24.2 Å². The molecule has 1 aromatic rings. The van der Waals surface area contributed by atoms with Crippen LogP contribution in [0.25, 0.3) is 0 Å². The lowest BCUT2D eigenvalue weighted by Gasteiger charge is -2.24. The Kier molecular flexibility index (Phi) is 6.87. The predicted octanol–water partition coefficient (Wildman–Crippen LogP) is 3.60. The Labute approximate surface area is 147 Å². The number of amides is 1. The molecule has 1 N–H and O–H groups in total. The fourth-order valence-corrected chi connectivity index (χ4v) is 4.31. The molecular formula is C16H22Cl2N2OS. The Hall–Kier alpha value is -0.420. The second kappa shape index (κ2) is 8.44. The van der Waals surface area contributed by atoms with Crippen molar-refractivity contribution in [2.75, 3.05) is 18.8 Å². The Morgan fingerprint density at radius 2 is 2.05 bits per heavy atom. The molecule has 3 nitrogen and oxygen atoms in total. The molecule has 2 saturated heterocycles. The van der Waals surface area contributed by atoms with E-state index >= 15 is 0 Å². The highest BCUT2D eigenvalue weighted by atomic mass is 35.5. The molecule has 1 aromatic carbocycles. The summed E-state index contributed by atoms with van der Waals surface area (Å²) < 4.78 is 0. The summed E-state index contributed by atoms with van der Waals surface area (Å²) in [7, 11) is 0. The summed E-state index contributed by atoms with van der Waals surface area (Å²) >= 11 is 7.79. The highest BCUT2D eigenvalue weighted by Gasteiger charge is 2.30. The third kappa shape index (κ3) is 4.54. The molecule has 2 bridgehead atoms. The number of nitrogens with one attached hydrogen (secondary N) is 1. The highest BCUT2D eigenvalue weighted by Crippen LogP contribution is 2.27. The standard InChI is InChI=1S/C16H21ClN2OS.ClH/c17-14-3-1-2-4-15(14)21-10-8-16(20)19-9-7-12-5-6-13(11-19)18-12;/h1-4,12-13,18H,5-11H2;1H. The lowest BCUT2D eigenvalue weighted by atomic mass is 10.1. The first-order valence-corrected chi connectivity index (χ1v) is 9.00. The molecule has 1 amide bonds. The van der Waals surface area contributed by atoms with Crippen LogP contribution >= 0.6 is 35.8 Å². The number of likely N-dealkylation sites (tertiary alicyclic amines) is 1. The van der Waals surface area contributed by atoms with E-state index < -0.39 is 0 Å². The second-order valence-corrected chi connectivity index (χ2v) is 7.34. The van der Waals surface area contributed by atoms with Gasteiger partial charge in [0.15, 0.2) is 0 Å². The predicted molar refractivity (Wildman–Crippen MR) is 95.2 cm³/mol. The number of carbonyl (C=O) groups is 1. The second-order valence-electron chi connectivity index (χ2n) is 5.80. The molecule has 2 atom stereocenters. The number of fused-ring (bicyclic) bond motifs is 2. The molecule has 22 heavy (non-hydrogen) atoms. The van der Waals surface area contributed by atoms with Crippen molar-refractivity contribution in [3.8, 4) is 0 Å². The maximum Gasteiger partial charge on any atom is 0.223 e. The minimum atomic E-state index is 0. The van der Waals surface area contributed by atoms with Crippen LogP contribution in [0.4, 0.5) is 0 Å². The lowest BCUT2D eigenvalue weighted by Crippen LogP contribution is -2.39. The molecule has 2 heterocycles. The number of carbonyl (C=O) groups excluding carboxylic acids is 1. The van der Waals surface area contributed by atoms with E-state index in [1.165, 1.54) is 12.8 Å². The minimum Gasteiger partial charge on any atom is -0.341 e. The van der Waals surface area contributed by atoms with Gasteiger partial charge < -0.3 is 10.2 Å². The van der Waals surface area contributed by atoms with Gasteiger partial charge in [-0.1, -0.05) is 23.7 Å². The largest absolute Gasteiger partial charge is 0.341 e. The molecule has 0 spiro atoms. The van der Waals surface area contributed by atoms with Crippen LogP contribution in [0.5, 0.6) is 0 Å². The van der Waals surface area contributed by atoms with Gasteiger partial charge in [-0.25, -0.2) is 0 Å². The molecule has 2 aliphatic heterocycles. The van der Waals surface area contributed by atoms with Gasteiger partial charge >= 0.3 is 0 Å². The molecular weight excluding hydrogens is 339 g/mol. The smallest absolute Gasteiger partial charge is 0.223 e. The van der Waals surface area contributed by atoms with Gasteiger partial charge in [0.25, 0.3) is 0 Å². The number of nitrogens with zero attached hydrogens (tertiary/aromatic N) is 1. The fraction of sp³-hybridized carbons (Fsp3) is 0.562. The Morgan fingerprint density at radius 1 is 1.27 bits per heavy atom. The van der Waals surface area contributed by atoms with Crippen LogP contribution in [0, 0.1) is 0 Å². The third-order valence-corrected chi connectivity index (χ3v) is 5.80. The molecule has 2 aliphatic rings. The first-order chi connectivity index (χ1) is 10.2. The zero-order valence-electron chi connectivity index (χ0n) is 12.5. The number of hydrogen-bond acceptors (Lipinski definition) is 3. The molecule has 122 valence electrons. The molecule has 0 saturated carbocycles. The van der Waals surface area contributed by atoms with Crippen LogP contribution in [0.1, 0.15) is 25.7 Å². The first-order valence-electron chi connectivity index (χ1n) is 7.63. The van der Waals surface area contributed by atoms with Crippen LogP contribution in [-0.2, 0) is 4.79 Å². The van der Waals surface area contributed by atoms with Crippen LogP contribution in [0.3, 0.4) is 0 Å². The van der Waals surface area contributed by atoms with Crippen molar-refractivity contribution in [3.05, 3.63) is 29.3 Å². The minimum absolute atomic E-state index is 0. The van der Waals surface area contributed by atoms with E-state index in [0.29, 0.717) is 18.5 Å². The van der Waals surface area contributed by atoms with E-state index in [9.17, 15) is 4.79 Å². The van der Waals surface area contributed by atoms with Gasteiger partial charge in [0.2, 0.25) is 5.91 Å². The normalized spacial score (nSPS) is 23.8. The lowest BCUT2D eigenvalue weighted by molar-refractivity contribution is -0.130. The van der Waals surface area contributed by atoms with Crippen molar-refractivity contribution in [2.45, 2.75) is 42.7 Å². The van der Waals surface area contributed by atoms with Crippen molar-refractivity contribution in [1.82, 2.24) is 10.2 Å². The molecule has 2 fully saturated rings. The maximum atomic E-state index is 12.4. The number of rotatable bonds is 4. The van der Waals surface area contributed by atoms with E-state index in [2.05, 4.69) is 5.32 Å². The summed E-state index contributed by atoms with van der Waals surface area (Å²) in [5.74, 6) is 1.07. The van der Waals surface area contributed by atoms with Gasteiger partial charge in [0.1, 0.15) is 0 Å². The molecule has 0 aliphatic carbocycles. The number of thioether (sulfide) groups is 1. The quantitative estimate of drug-likeness (QED) is 0.832. The summed E-state index contributed by atoms with van der Waals surface area (Å²) in [6.45, 7) is 1.79. The third-order valence-electron chi connectivity index (χ3n) is 4.29. The van der Waals surface area contributed by atoms with E-state index in [1.807, 2.05) is 29.2 Å². The van der Waals surface area contributed by atoms with Crippen molar-refractivity contribution in [1.29, 1.82) is 0 Å². The van der Waals surface area contributed by atoms with Crippen LogP contribution in [0.15, 0.2) is 29.2 Å². The maximum absolute atomic E-state index is 12.4. The van der Waals surface area contributed by atoms with Crippen molar-refractivity contribution in [3.63, 3.8) is 0 Å². The molecule has 2 unspecified atom stereocenters. The van der Waals surface area contributed by atoms with E-state index in [1.54, 1.807) is 11.8 Å². The van der Waals surface area contributed by atoms with Gasteiger partial charge in [-0.2, -0.15) is 0 Å². The van der Waals surface area contributed by atoms with Crippen LogP contribution < -0.4 is 5.32 Å². The summed E-state index contributed by atoms with van der Waals surface area (Å²) in [4.78, 5) is 15.5. The van der Waals surface area contributed by atoms with Gasteiger partial charge in [-0.05, 0) is 31.4 Å². The highest BCUT2D eigenvalue weighted by molar-refractivity contribution is 7.99. The molecule has 0 aromatic heterocycles. The van der Waals surface area contributed by atoms with Gasteiger partial charge in [0.05, 0.1) is 5.02 Å². The zero-order valence-corrected chi connectivity index (χ0v) is 14.9. The molecule has 6 heteroatoms. The summed E-state index contributed by atoms with van der Waals surface area (Å²) in [6.07, 6.45) is 4.17. The van der Waals surface area contributed by atoms with E-state index in [4.69, 9.17) is 11.6 Å². The molecule has 0 radical (unpaired) electrons. The van der Waals surface area contributed by atoms with Crippen LogP contribution in [-0.4, -0.2) is 41.7 Å². The number of hydrogen-bond donors (Lipinski definition) is 1. The monoisotopic (exact) mass is 360 g/mol. The fourth-order valence-electron chi connectivity index (χ4n) is 3.14. The average Bonchev–Trinajstić information content (AvgIpc) is 2.80. The molecule has 3 rings (SSSR count). The first kappa shape index (κ1) is 17.9. The van der Waals surface area contributed by atoms with E-state index in [-0.39, 0.29) is 18.3 Å². The Bertz CT molecular complexity index is 515. The summed E-state index contributed by atoms with van der Waals surface area (Å²) in [5, 5.41) is 4.38. The SMILES string of the molecule is Cl.O=C(CCSc1ccccc1Cl)N1CCC2CCC(C1)N2. The number of halogens is 2. The Balaban J connectivity index is 0.00000176.